The molecule has 1 heterocycles. The molecule has 1 atom stereocenters. The lowest BCUT2D eigenvalue weighted by Gasteiger charge is -2.25. The van der Waals surface area contributed by atoms with Crippen LogP contribution in [0.3, 0.4) is 0 Å². The molecule has 1 rings (SSSR count). The lowest BCUT2D eigenvalue weighted by molar-refractivity contribution is -0.146. The predicted molar refractivity (Wildman–Crippen MR) is 55.4 cm³/mol. The van der Waals surface area contributed by atoms with Crippen molar-refractivity contribution in [3.05, 3.63) is 11.7 Å². The maximum Gasteiger partial charge on any atom is 0.455 e. The van der Waals surface area contributed by atoms with Crippen LogP contribution in [-0.2, 0) is 12.6 Å². The van der Waals surface area contributed by atoms with E-state index in [1.807, 2.05) is 27.7 Å². The van der Waals surface area contributed by atoms with E-state index in [0.717, 1.165) is 0 Å². The van der Waals surface area contributed by atoms with Crippen LogP contribution in [0.15, 0.2) is 4.52 Å². The van der Waals surface area contributed by atoms with Gasteiger partial charge in [-0.05, 0) is 27.7 Å². The Kier molecular flexibility index (Phi) is 3.81. The van der Waals surface area contributed by atoms with Crippen molar-refractivity contribution in [3.63, 3.8) is 0 Å². The zero-order chi connectivity index (χ0) is 13.3. The third-order valence-corrected chi connectivity index (χ3v) is 1.88. The number of hydrogen-bond donors (Lipinski definition) is 1. The maximum atomic E-state index is 12.2. The molecule has 0 bridgehead atoms. The van der Waals surface area contributed by atoms with Gasteiger partial charge < -0.3 is 9.84 Å². The second-order valence-corrected chi connectivity index (χ2v) is 5.01. The standard InChI is InChI=1S/C10H16F3N3O/c1-6(15-9(2,3)4)5-7-14-8(16-17-7)10(11,12)13/h6,15H,5H2,1-4H3/t6-/m1/s1. The number of nitrogens with one attached hydrogen (secondary N) is 1. The molecule has 1 aromatic rings. The molecule has 7 heteroatoms. The van der Waals surface area contributed by atoms with Crippen LogP contribution in [0.5, 0.6) is 0 Å². The fourth-order valence-electron chi connectivity index (χ4n) is 1.51. The van der Waals surface area contributed by atoms with E-state index in [1.165, 1.54) is 0 Å². The minimum atomic E-state index is -4.55. The van der Waals surface area contributed by atoms with Gasteiger partial charge in [-0.25, -0.2) is 0 Å². The molecule has 0 aromatic carbocycles. The first-order valence-corrected chi connectivity index (χ1v) is 5.25. The predicted octanol–water partition coefficient (Wildman–Crippen LogP) is 2.41. The Morgan fingerprint density at radius 1 is 1.29 bits per heavy atom. The first kappa shape index (κ1) is 14.0. The van der Waals surface area contributed by atoms with Crippen LogP contribution in [0.25, 0.3) is 0 Å². The molecule has 0 aliphatic rings. The van der Waals surface area contributed by atoms with Gasteiger partial charge in [0, 0.05) is 18.0 Å². The van der Waals surface area contributed by atoms with Crippen molar-refractivity contribution >= 4 is 0 Å². The molecule has 1 aromatic heterocycles. The topological polar surface area (TPSA) is 51.0 Å². The van der Waals surface area contributed by atoms with Gasteiger partial charge in [0.2, 0.25) is 5.89 Å². The van der Waals surface area contributed by atoms with Crippen molar-refractivity contribution in [2.24, 2.45) is 0 Å². The van der Waals surface area contributed by atoms with E-state index in [0.29, 0.717) is 0 Å². The van der Waals surface area contributed by atoms with Crippen molar-refractivity contribution in [1.82, 2.24) is 15.5 Å². The molecular formula is C10H16F3N3O. The summed E-state index contributed by atoms with van der Waals surface area (Å²) >= 11 is 0. The lowest BCUT2D eigenvalue weighted by Crippen LogP contribution is -2.43. The summed E-state index contributed by atoms with van der Waals surface area (Å²) in [5.41, 5.74) is -0.119. The summed E-state index contributed by atoms with van der Waals surface area (Å²) in [4.78, 5) is 3.31. The number of nitrogens with zero attached hydrogens (tertiary/aromatic N) is 2. The number of halogens is 3. The van der Waals surface area contributed by atoms with Gasteiger partial charge in [-0.3, -0.25) is 0 Å². The highest BCUT2D eigenvalue weighted by molar-refractivity contribution is 4.93. The Morgan fingerprint density at radius 2 is 1.88 bits per heavy atom. The molecule has 0 unspecified atom stereocenters. The monoisotopic (exact) mass is 251 g/mol. The van der Waals surface area contributed by atoms with Gasteiger partial charge in [0.15, 0.2) is 0 Å². The Balaban J connectivity index is 2.61. The van der Waals surface area contributed by atoms with Crippen molar-refractivity contribution in [2.45, 2.75) is 51.9 Å². The van der Waals surface area contributed by atoms with E-state index in [-0.39, 0.29) is 23.9 Å². The molecule has 1 N–H and O–H groups in total. The molecule has 4 nitrogen and oxygen atoms in total. The first-order chi connectivity index (χ1) is 7.58. The van der Waals surface area contributed by atoms with E-state index >= 15 is 0 Å². The van der Waals surface area contributed by atoms with E-state index < -0.39 is 12.0 Å². The average molecular weight is 251 g/mol. The SMILES string of the molecule is C[C@H](Cc1nc(C(F)(F)F)no1)NC(C)(C)C. The summed E-state index contributed by atoms with van der Waals surface area (Å²) in [6.45, 7) is 7.76. The zero-order valence-electron chi connectivity index (χ0n) is 10.2. The lowest BCUT2D eigenvalue weighted by atomic mass is 10.1. The van der Waals surface area contributed by atoms with Crippen molar-refractivity contribution in [3.8, 4) is 0 Å². The van der Waals surface area contributed by atoms with Crippen LogP contribution in [0.2, 0.25) is 0 Å². The molecule has 0 saturated heterocycles. The molecule has 0 saturated carbocycles. The first-order valence-electron chi connectivity index (χ1n) is 5.25. The van der Waals surface area contributed by atoms with Gasteiger partial charge >= 0.3 is 6.18 Å². The highest BCUT2D eigenvalue weighted by atomic mass is 19.4. The zero-order valence-corrected chi connectivity index (χ0v) is 10.2. The Morgan fingerprint density at radius 3 is 2.29 bits per heavy atom. The van der Waals surface area contributed by atoms with E-state index in [9.17, 15) is 13.2 Å². The van der Waals surface area contributed by atoms with Crippen LogP contribution < -0.4 is 5.32 Å². The summed E-state index contributed by atoms with van der Waals surface area (Å²) in [7, 11) is 0. The fraction of sp³-hybridized carbons (Fsp3) is 0.800. The number of hydrogen-bond acceptors (Lipinski definition) is 4. The minimum Gasteiger partial charge on any atom is -0.339 e. The van der Waals surface area contributed by atoms with Crippen LogP contribution in [0.4, 0.5) is 13.2 Å². The molecule has 0 spiro atoms. The average Bonchev–Trinajstić information content (AvgIpc) is 2.47. The van der Waals surface area contributed by atoms with Crippen molar-refractivity contribution in [2.75, 3.05) is 0 Å². The Bertz CT molecular complexity index is 368. The summed E-state index contributed by atoms with van der Waals surface area (Å²) in [6.07, 6.45) is -4.29. The Labute approximate surface area is 97.6 Å². The largest absolute Gasteiger partial charge is 0.455 e. The van der Waals surface area contributed by atoms with Crippen LogP contribution in [-0.4, -0.2) is 21.7 Å². The van der Waals surface area contributed by atoms with Gasteiger partial charge in [-0.2, -0.15) is 18.2 Å². The summed E-state index contributed by atoms with van der Waals surface area (Å²) in [6, 6.07) is -0.0449. The fourth-order valence-corrected chi connectivity index (χ4v) is 1.51. The molecular weight excluding hydrogens is 235 g/mol. The number of alkyl halides is 3. The molecule has 98 valence electrons. The highest BCUT2D eigenvalue weighted by Gasteiger charge is 2.37. The van der Waals surface area contributed by atoms with Gasteiger partial charge in [-0.1, -0.05) is 5.16 Å². The Hall–Kier alpha value is -1.11. The highest BCUT2D eigenvalue weighted by Crippen LogP contribution is 2.26. The van der Waals surface area contributed by atoms with E-state index in [4.69, 9.17) is 0 Å². The normalized spacial score (nSPS) is 15.0. The molecule has 0 fully saturated rings. The summed E-state index contributed by atoms with van der Waals surface area (Å²) in [5.74, 6) is -1.24. The van der Waals surface area contributed by atoms with Crippen molar-refractivity contribution in [1.29, 1.82) is 0 Å². The number of rotatable bonds is 3. The number of aromatic nitrogens is 2. The van der Waals surface area contributed by atoms with Gasteiger partial charge in [-0.15, -0.1) is 0 Å². The minimum absolute atomic E-state index is 0.0124. The van der Waals surface area contributed by atoms with Crippen LogP contribution >= 0.6 is 0 Å². The summed E-state index contributed by atoms with van der Waals surface area (Å²) < 4.78 is 41.2. The molecule has 0 aliphatic heterocycles. The smallest absolute Gasteiger partial charge is 0.339 e. The third kappa shape index (κ3) is 4.72. The van der Waals surface area contributed by atoms with E-state index in [1.54, 1.807) is 0 Å². The van der Waals surface area contributed by atoms with Gasteiger partial charge in [0.25, 0.3) is 5.82 Å². The van der Waals surface area contributed by atoms with Crippen LogP contribution in [0, 0.1) is 0 Å². The van der Waals surface area contributed by atoms with Crippen LogP contribution in [0.1, 0.15) is 39.4 Å². The molecule has 0 amide bonds. The van der Waals surface area contributed by atoms with Gasteiger partial charge in [0.05, 0.1) is 0 Å². The van der Waals surface area contributed by atoms with Gasteiger partial charge in [0.1, 0.15) is 0 Å². The molecule has 0 radical (unpaired) electrons. The quantitative estimate of drug-likeness (QED) is 0.896. The molecule has 17 heavy (non-hydrogen) atoms. The van der Waals surface area contributed by atoms with Crippen molar-refractivity contribution < 1.29 is 17.7 Å². The maximum absolute atomic E-state index is 12.2. The third-order valence-electron chi connectivity index (χ3n) is 1.88. The summed E-state index contributed by atoms with van der Waals surface area (Å²) in [5, 5.41) is 6.10. The second kappa shape index (κ2) is 4.64. The molecule has 0 aliphatic carbocycles. The van der Waals surface area contributed by atoms with E-state index in [2.05, 4.69) is 20.0 Å². The second-order valence-electron chi connectivity index (χ2n) is 5.01.